The first-order valence-corrected chi connectivity index (χ1v) is 9.77. The Morgan fingerprint density at radius 2 is 1.87 bits per heavy atom. The average molecular weight is 411 g/mol. The molecule has 7 heteroatoms. The van der Waals surface area contributed by atoms with E-state index in [-0.39, 0.29) is 30.2 Å². The number of phenolic OH excluding ortho intramolecular Hbond substituents is 1. The lowest BCUT2D eigenvalue weighted by Gasteiger charge is -2.25. The van der Waals surface area contributed by atoms with Crippen molar-refractivity contribution in [3.05, 3.63) is 65.2 Å². The molecule has 0 bridgehead atoms. The predicted octanol–water partition coefficient (Wildman–Crippen LogP) is 3.25. The minimum atomic E-state index is -0.840. The molecule has 1 unspecified atom stereocenters. The second kappa shape index (κ2) is 9.45. The number of phenols is 1. The number of ketones is 1. The fourth-order valence-corrected chi connectivity index (χ4v) is 3.45. The monoisotopic (exact) mass is 411 g/mol. The zero-order chi connectivity index (χ0) is 21.7. The van der Waals surface area contributed by atoms with E-state index in [9.17, 15) is 19.8 Å². The van der Waals surface area contributed by atoms with Gasteiger partial charge in [-0.05, 0) is 36.2 Å². The number of benzene rings is 2. The van der Waals surface area contributed by atoms with Crippen molar-refractivity contribution >= 4 is 17.4 Å². The SMILES string of the molecule is CCCOc1cccc(/C(O)=C2\C(=O)C(=O)N(CCOC)C2c2cccc(O)c2)c1. The van der Waals surface area contributed by atoms with Gasteiger partial charge >= 0.3 is 0 Å². The smallest absolute Gasteiger partial charge is 0.295 e. The third-order valence-corrected chi connectivity index (χ3v) is 4.84. The van der Waals surface area contributed by atoms with E-state index in [4.69, 9.17) is 9.47 Å². The Hall–Kier alpha value is -3.32. The lowest BCUT2D eigenvalue weighted by Crippen LogP contribution is -2.32. The van der Waals surface area contributed by atoms with Crippen LogP contribution in [0, 0.1) is 0 Å². The van der Waals surface area contributed by atoms with Crippen LogP contribution in [0.15, 0.2) is 54.1 Å². The normalized spacial score (nSPS) is 18.1. The molecule has 0 radical (unpaired) electrons. The van der Waals surface area contributed by atoms with Crippen molar-refractivity contribution in [2.75, 3.05) is 26.9 Å². The number of Topliss-reactive ketones (excluding diaryl/α,β-unsaturated/α-hetero) is 1. The summed E-state index contributed by atoms with van der Waals surface area (Å²) in [6.07, 6.45) is 0.832. The van der Waals surface area contributed by atoms with Crippen LogP contribution in [0.1, 0.15) is 30.5 Å². The van der Waals surface area contributed by atoms with Gasteiger partial charge in [0, 0.05) is 19.2 Å². The molecule has 2 aromatic rings. The lowest BCUT2D eigenvalue weighted by molar-refractivity contribution is -0.140. The van der Waals surface area contributed by atoms with Crippen molar-refractivity contribution in [3.63, 3.8) is 0 Å². The van der Waals surface area contributed by atoms with Gasteiger partial charge in [-0.2, -0.15) is 0 Å². The number of aromatic hydroxyl groups is 1. The van der Waals surface area contributed by atoms with Crippen molar-refractivity contribution in [1.82, 2.24) is 4.90 Å². The molecule has 1 saturated heterocycles. The number of aliphatic hydroxyl groups excluding tert-OH is 1. The molecule has 1 atom stereocenters. The first-order chi connectivity index (χ1) is 14.5. The number of aliphatic hydroxyl groups is 1. The summed E-state index contributed by atoms with van der Waals surface area (Å²) in [6.45, 7) is 2.90. The zero-order valence-electron chi connectivity index (χ0n) is 17.0. The summed E-state index contributed by atoms with van der Waals surface area (Å²) in [5.74, 6) is -1.23. The third-order valence-electron chi connectivity index (χ3n) is 4.84. The summed E-state index contributed by atoms with van der Waals surface area (Å²) in [5.41, 5.74) is 0.859. The Balaban J connectivity index is 2.11. The van der Waals surface area contributed by atoms with E-state index in [2.05, 4.69) is 0 Å². The van der Waals surface area contributed by atoms with Crippen LogP contribution in [-0.2, 0) is 14.3 Å². The van der Waals surface area contributed by atoms with E-state index < -0.39 is 17.7 Å². The van der Waals surface area contributed by atoms with Crippen LogP contribution in [0.4, 0.5) is 0 Å². The van der Waals surface area contributed by atoms with Crippen molar-refractivity contribution in [1.29, 1.82) is 0 Å². The van der Waals surface area contributed by atoms with Crippen LogP contribution in [0.25, 0.3) is 5.76 Å². The topological polar surface area (TPSA) is 96.3 Å². The Kier molecular flexibility index (Phi) is 6.74. The summed E-state index contributed by atoms with van der Waals surface area (Å²) in [6, 6.07) is 12.2. The van der Waals surface area contributed by atoms with E-state index >= 15 is 0 Å². The van der Waals surface area contributed by atoms with Gasteiger partial charge in [-0.3, -0.25) is 9.59 Å². The second-order valence-corrected chi connectivity index (χ2v) is 6.96. The summed E-state index contributed by atoms with van der Waals surface area (Å²) >= 11 is 0. The minimum Gasteiger partial charge on any atom is -0.508 e. The average Bonchev–Trinajstić information content (AvgIpc) is 3.00. The molecular weight excluding hydrogens is 386 g/mol. The van der Waals surface area contributed by atoms with E-state index in [1.54, 1.807) is 36.4 Å². The third kappa shape index (κ3) is 4.31. The molecule has 0 spiro atoms. The van der Waals surface area contributed by atoms with Crippen molar-refractivity contribution in [2.45, 2.75) is 19.4 Å². The van der Waals surface area contributed by atoms with Crippen LogP contribution in [0.5, 0.6) is 11.5 Å². The number of rotatable bonds is 8. The molecule has 0 saturated carbocycles. The number of ether oxygens (including phenoxy) is 2. The Bertz CT molecular complexity index is 968. The van der Waals surface area contributed by atoms with Crippen LogP contribution < -0.4 is 4.74 Å². The number of nitrogens with zero attached hydrogens (tertiary/aromatic N) is 1. The molecule has 1 aliphatic rings. The van der Waals surface area contributed by atoms with E-state index in [0.29, 0.717) is 23.5 Å². The van der Waals surface area contributed by atoms with Gasteiger partial charge < -0.3 is 24.6 Å². The molecular formula is C23H25NO6. The molecule has 1 amide bonds. The maximum absolute atomic E-state index is 12.9. The van der Waals surface area contributed by atoms with Crippen molar-refractivity contribution in [3.8, 4) is 11.5 Å². The molecule has 1 aliphatic heterocycles. The van der Waals surface area contributed by atoms with E-state index in [1.807, 2.05) is 6.92 Å². The van der Waals surface area contributed by atoms with Gasteiger partial charge in [0.15, 0.2) is 0 Å². The minimum absolute atomic E-state index is 0.000192. The van der Waals surface area contributed by atoms with Gasteiger partial charge in [0.2, 0.25) is 0 Å². The fraction of sp³-hybridized carbons (Fsp3) is 0.304. The highest BCUT2D eigenvalue weighted by molar-refractivity contribution is 6.46. The Labute approximate surface area is 175 Å². The van der Waals surface area contributed by atoms with E-state index in [0.717, 1.165) is 6.42 Å². The first kappa shape index (κ1) is 21.4. The van der Waals surface area contributed by atoms with Gasteiger partial charge in [0.25, 0.3) is 11.7 Å². The standard InChI is InChI=1S/C23H25NO6/c1-3-11-30-18-9-5-7-16(14-18)21(26)19-20(15-6-4-8-17(25)13-15)24(10-12-29-2)23(28)22(19)27/h4-9,13-14,20,25-26H,3,10-12H2,1-2H3/b21-19+. The summed E-state index contributed by atoms with van der Waals surface area (Å²) < 4.78 is 10.7. The van der Waals surface area contributed by atoms with Crippen LogP contribution in [0.2, 0.25) is 0 Å². The molecule has 30 heavy (non-hydrogen) atoms. The van der Waals surface area contributed by atoms with Crippen molar-refractivity contribution in [2.24, 2.45) is 0 Å². The second-order valence-electron chi connectivity index (χ2n) is 6.96. The quantitative estimate of drug-likeness (QED) is 0.393. The maximum atomic E-state index is 12.9. The Morgan fingerprint density at radius 1 is 1.10 bits per heavy atom. The predicted molar refractivity (Wildman–Crippen MR) is 111 cm³/mol. The molecule has 1 fully saturated rings. The molecule has 2 aromatic carbocycles. The van der Waals surface area contributed by atoms with Crippen LogP contribution >= 0.6 is 0 Å². The van der Waals surface area contributed by atoms with E-state index in [1.165, 1.54) is 24.1 Å². The highest BCUT2D eigenvalue weighted by Crippen LogP contribution is 2.40. The van der Waals surface area contributed by atoms with Crippen molar-refractivity contribution < 1.29 is 29.3 Å². The fourth-order valence-electron chi connectivity index (χ4n) is 3.45. The summed E-state index contributed by atoms with van der Waals surface area (Å²) in [5, 5.41) is 21.0. The van der Waals surface area contributed by atoms with Gasteiger partial charge in [0.1, 0.15) is 17.3 Å². The highest BCUT2D eigenvalue weighted by atomic mass is 16.5. The first-order valence-electron chi connectivity index (χ1n) is 9.77. The summed E-state index contributed by atoms with van der Waals surface area (Å²) in [7, 11) is 1.50. The molecule has 7 nitrogen and oxygen atoms in total. The maximum Gasteiger partial charge on any atom is 0.295 e. The number of hydrogen-bond acceptors (Lipinski definition) is 6. The number of methoxy groups -OCH3 is 1. The molecule has 158 valence electrons. The van der Waals surface area contributed by atoms with Crippen LogP contribution in [0.3, 0.4) is 0 Å². The number of carbonyl (C=O) groups is 2. The number of carbonyl (C=O) groups excluding carboxylic acids is 2. The molecule has 2 N–H and O–H groups in total. The van der Waals surface area contributed by atoms with Crippen LogP contribution in [-0.4, -0.2) is 53.7 Å². The molecule has 0 aliphatic carbocycles. The molecule has 1 heterocycles. The Morgan fingerprint density at radius 3 is 2.57 bits per heavy atom. The highest BCUT2D eigenvalue weighted by Gasteiger charge is 2.45. The van der Waals surface area contributed by atoms with Gasteiger partial charge in [-0.15, -0.1) is 0 Å². The zero-order valence-corrected chi connectivity index (χ0v) is 17.0. The van der Waals surface area contributed by atoms with Gasteiger partial charge in [0.05, 0.1) is 24.8 Å². The number of amides is 1. The largest absolute Gasteiger partial charge is 0.508 e. The summed E-state index contributed by atoms with van der Waals surface area (Å²) in [4.78, 5) is 26.9. The van der Waals surface area contributed by atoms with Gasteiger partial charge in [-0.1, -0.05) is 31.2 Å². The van der Waals surface area contributed by atoms with Gasteiger partial charge in [-0.25, -0.2) is 0 Å². The number of hydrogen-bond donors (Lipinski definition) is 2. The molecule has 0 aromatic heterocycles. The molecule has 3 rings (SSSR count). The lowest BCUT2D eigenvalue weighted by atomic mass is 9.95. The number of likely N-dealkylation sites (tertiary alicyclic amines) is 1.